The van der Waals surface area contributed by atoms with Crippen molar-refractivity contribution in [2.45, 2.75) is 4.90 Å². The van der Waals surface area contributed by atoms with Crippen molar-refractivity contribution < 1.29 is 13.2 Å². The molecule has 0 saturated heterocycles. The summed E-state index contributed by atoms with van der Waals surface area (Å²) >= 11 is 5.75. The van der Waals surface area contributed by atoms with E-state index >= 15 is 0 Å². The van der Waals surface area contributed by atoms with Crippen LogP contribution in [0.3, 0.4) is 0 Å². The molecule has 0 aliphatic rings. The monoisotopic (exact) mass is 365 g/mol. The van der Waals surface area contributed by atoms with Gasteiger partial charge in [-0.25, -0.2) is 13.2 Å². The number of urea groups is 1. The summed E-state index contributed by atoms with van der Waals surface area (Å²) < 4.78 is 27.0. The van der Waals surface area contributed by atoms with Crippen LogP contribution in [-0.4, -0.2) is 21.0 Å². The van der Waals surface area contributed by atoms with Crippen LogP contribution >= 0.6 is 11.6 Å². The van der Waals surface area contributed by atoms with Crippen LogP contribution in [0.4, 0.5) is 16.2 Å². The van der Waals surface area contributed by atoms with E-state index in [1.165, 1.54) is 24.3 Å². The van der Waals surface area contributed by atoms with E-state index < -0.39 is 10.0 Å². The molecule has 6 nitrogen and oxygen atoms in total. The lowest BCUT2D eigenvalue weighted by Gasteiger charge is -2.10. The van der Waals surface area contributed by atoms with Gasteiger partial charge in [0.05, 0.1) is 4.90 Å². The van der Waals surface area contributed by atoms with Crippen LogP contribution in [0.15, 0.2) is 66.1 Å². The van der Waals surface area contributed by atoms with Gasteiger partial charge in [0.25, 0.3) is 10.0 Å². The van der Waals surface area contributed by atoms with Gasteiger partial charge in [-0.1, -0.05) is 17.7 Å². The van der Waals surface area contributed by atoms with E-state index in [0.717, 1.165) is 0 Å². The highest BCUT2D eigenvalue weighted by molar-refractivity contribution is 7.92. The minimum Gasteiger partial charge on any atom is -0.334 e. The van der Waals surface area contributed by atoms with Crippen LogP contribution in [0.1, 0.15) is 0 Å². The van der Waals surface area contributed by atoms with Crippen LogP contribution in [0.5, 0.6) is 0 Å². The number of hydrogen-bond donors (Lipinski definition) is 3. The van der Waals surface area contributed by atoms with Gasteiger partial charge < -0.3 is 10.6 Å². The van der Waals surface area contributed by atoms with Crippen molar-refractivity contribution in [2.24, 2.45) is 0 Å². The lowest BCUT2D eigenvalue weighted by Crippen LogP contribution is -2.28. The number of carbonyl (C=O) groups excluding carboxylic acids is 1. The number of halogens is 1. The zero-order chi connectivity index (χ0) is 17.6. The third-order valence-electron chi connectivity index (χ3n) is 2.93. The van der Waals surface area contributed by atoms with Gasteiger partial charge in [0.15, 0.2) is 0 Å². The molecule has 8 heteroatoms. The van der Waals surface area contributed by atoms with E-state index in [2.05, 4.69) is 21.9 Å². The molecule has 0 atom stereocenters. The molecule has 2 aromatic carbocycles. The molecule has 3 N–H and O–H groups in total. The molecule has 0 fully saturated rings. The van der Waals surface area contributed by atoms with Crippen molar-refractivity contribution in [2.75, 3.05) is 16.6 Å². The molecule has 24 heavy (non-hydrogen) atoms. The minimum absolute atomic E-state index is 0.109. The van der Waals surface area contributed by atoms with E-state index in [4.69, 9.17) is 11.6 Å². The highest BCUT2D eigenvalue weighted by Gasteiger charge is 2.13. The smallest absolute Gasteiger partial charge is 0.319 e. The maximum atomic E-state index is 12.3. The first-order valence-corrected chi connectivity index (χ1v) is 8.81. The van der Waals surface area contributed by atoms with E-state index in [-0.39, 0.29) is 10.9 Å². The second-order valence-electron chi connectivity index (χ2n) is 4.76. The van der Waals surface area contributed by atoms with E-state index in [0.29, 0.717) is 22.9 Å². The number of amides is 2. The molecule has 0 bridgehead atoms. The molecule has 0 radical (unpaired) electrons. The number of sulfonamides is 1. The fourth-order valence-electron chi connectivity index (χ4n) is 1.79. The van der Waals surface area contributed by atoms with E-state index in [1.807, 2.05) is 0 Å². The number of carbonyl (C=O) groups is 1. The Hall–Kier alpha value is -2.51. The average molecular weight is 366 g/mol. The molecule has 0 aromatic heterocycles. The summed E-state index contributed by atoms with van der Waals surface area (Å²) in [6.07, 6.45) is 1.56. The summed E-state index contributed by atoms with van der Waals surface area (Å²) in [4.78, 5) is 11.6. The molecule has 126 valence electrons. The van der Waals surface area contributed by atoms with Crippen molar-refractivity contribution in [1.82, 2.24) is 5.32 Å². The van der Waals surface area contributed by atoms with Gasteiger partial charge in [-0.05, 0) is 48.5 Å². The minimum atomic E-state index is -3.70. The van der Waals surface area contributed by atoms with E-state index in [9.17, 15) is 13.2 Å². The van der Waals surface area contributed by atoms with Gasteiger partial charge in [0.1, 0.15) is 0 Å². The Morgan fingerprint density at radius 1 is 1.04 bits per heavy atom. The highest BCUT2D eigenvalue weighted by Crippen LogP contribution is 2.19. The van der Waals surface area contributed by atoms with Crippen molar-refractivity contribution in [3.8, 4) is 0 Å². The zero-order valence-corrected chi connectivity index (χ0v) is 14.2. The predicted octanol–water partition coefficient (Wildman–Crippen LogP) is 3.45. The van der Waals surface area contributed by atoms with Crippen molar-refractivity contribution >= 4 is 39.0 Å². The molecule has 0 aliphatic carbocycles. The SMILES string of the molecule is C=CCNC(=O)Nc1ccc(NS(=O)(=O)c2ccc(Cl)cc2)cc1. The lowest BCUT2D eigenvalue weighted by molar-refractivity contribution is 0.253. The second kappa shape index (κ2) is 7.85. The number of nitrogens with one attached hydrogen (secondary N) is 3. The molecular formula is C16H16ClN3O3S. The Balaban J connectivity index is 2.04. The Kier molecular flexibility index (Phi) is 5.83. The van der Waals surface area contributed by atoms with Gasteiger partial charge in [0, 0.05) is 22.9 Å². The third kappa shape index (κ3) is 5.00. The number of benzene rings is 2. The Morgan fingerprint density at radius 2 is 1.62 bits per heavy atom. The third-order valence-corrected chi connectivity index (χ3v) is 4.58. The zero-order valence-electron chi connectivity index (χ0n) is 12.6. The quantitative estimate of drug-likeness (QED) is 0.685. The number of rotatable bonds is 6. The van der Waals surface area contributed by atoms with Gasteiger partial charge in [0.2, 0.25) is 0 Å². The first-order valence-electron chi connectivity index (χ1n) is 6.95. The molecule has 0 unspecified atom stereocenters. The summed E-state index contributed by atoms with van der Waals surface area (Å²) in [7, 11) is -3.70. The molecular weight excluding hydrogens is 350 g/mol. The Morgan fingerprint density at radius 3 is 2.21 bits per heavy atom. The second-order valence-corrected chi connectivity index (χ2v) is 6.88. The fraction of sp³-hybridized carbons (Fsp3) is 0.0625. The van der Waals surface area contributed by atoms with Crippen molar-refractivity contribution in [3.05, 3.63) is 66.2 Å². The highest BCUT2D eigenvalue weighted by atomic mass is 35.5. The van der Waals surface area contributed by atoms with Crippen LogP contribution in [-0.2, 0) is 10.0 Å². The molecule has 2 rings (SSSR count). The lowest BCUT2D eigenvalue weighted by atomic mass is 10.3. The van der Waals surface area contributed by atoms with Gasteiger partial charge >= 0.3 is 6.03 Å². The van der Waals surface area contributed by atoms with Gasteiger partial charge in [-0.15, -0.1) is 6.58 Å². The Bertz CT molecular complexity index is 819. The predicted molar refractivity (Wildman–Crippen MR) is 95.9 cm³/mol. The van der Waals surface area contributed by atoms with Crippen LogP contribution < -0.4 is 15.4 Å². The summed E-state index contributed by atoms with van der Waals surface area (Å²) in [5.41, 5.74) is 0.910. The molecule has 0 saturated carbocycles. The largest absolute Gasteiger partial charge is 0.334 e. The molecule has 0 heterocycles. The fourth-order valence-corrected chi connectivity index (χ4v) is 2.97. The molecule has 0 spiro atoms. The maximum absolute atomic E-state index is 12.3. The van der Waals surface area contributed by atoms with Gasteiger partial charge in [-0.3, -0.25) is 4.72 Å². The van der Waals surface area contributed by atoms with Gasteiger partial charge in [-0.2, -0.15) is 0 Å². The summed E-state index contributed by atoms with van der Waals surface area (Å²) in [5, 5.41) is 5.64. The van der Waals surface area contributed by atoms with Crippen molar-refractivity contribution in [3.63, 3.8) is 0 Å². The summed E-state index contributed by atoms with van der Waals surface area (Å²) in [5.74, 6) is 0. The van der Waals surface area contributed by atoms with Crippen LogP contribution in [0.25, 0.3) is 0 Å². The first kappa shape index (κ1) is 17.8. The standard InChI is InChI=1S/C16H16ClN3O3S/c1-2-11-18-16(21)19-13-5-7-14(8-6-13)20-24(22,23)15-9-3-12(17)4-10-15/h2-10,20H,1,11H2,(H2,18,19,21). The molecule has 2 aromatic rings. The summed E-state index contributed by atoms with van der Waals surface area (Å²) in [6.45, 7) is 3.85. The van der Waals surface area contributed by atoms with Crippen LogP contribution in [0, 0.1) is 0 Å². The Labute approximate surface area is 145 Å². The van der Waals surface area contributed by atoms with E-state index in [1.54, 1.807) is 30.3 Å². The van der Waals surface area contributed by atoms with Crippen LogP contribution in [0.2, 0.25) is 5.02 Å². The number of hydrogen-bond acceptors (Lipinski definition) is 3. The topological polar surface area (TPSA) is 87.3 Å². The first-order chi connectivity index (χ1) is 11.4. The average Bonchev–Trinajstić information content (AvgIpc) is 2.55. The maximum Gasteiger partial charge on any atom is 0.319 e. The van der Waals surface area contributed by atoms with Crippen molar-refractivity contribution in [1.29, 1.82) is 0 Å². The molecule has 0 aliphatic heterocycles. The molecule has 2 amide bonds. The normalized spacial score (nSPS) is 10.7. The summed E-state index contributed by atoms with van der Waals surface area (Å²) in [6, 6.07) is 11.8. The number of anilines is 2.